The quantitative estimate of drug-likeness (QED) is 0.260. The zero-order valence-electron chi connectivity index (χ0n) is 18.9. The van der Waals surface area contributed by atoms with E-state index >= 15 is 0 Å². The number of carbonyl (C=O) groups excluding carboxylic acids is 1. The van der Waals surface area contributed by atoms with Gasteiger partial charge in [-0.3, -0.25) is 9.29 Å². The SMILES string of the molecule is O=[C-]c1cc(C2CC2)c(OC[C@@H]2CCCN(Cc3cc(F)ccc3C(F)(F)F)C2)cc1F.[CH3-].[U+2]. The van der Waals surface area contributed by atoms with Crippen LogP contribution in [0.5, 0.6) is 5.75 Å². The number of nitrogens with zero attached hydrogens (tertiary/aromatic N) is 1. The van der Waals surface area contributed by atoms with Crippen LogP contribution in [0.3, 0.4) is 0 Å². The Morgan fingerprint density at radius 1 is 1.09 bits per heavy atom. The molecule has 9 heteroatoms. The number of alkyl halides is 3. The van der Waals surface area contributed by atoms with Crippen molar-refractivity contribution in [3.05, 3.63) is 71.6 Å². The third kappa shape index (κ3) is 7.05. The minimum atomic E-state index is -4.55. The van der Waals surface area contributed by atoms with Crippen molar-refractivity contribution in [2.24, 2.45) is 5.92 Å². The van der Waals surface area contributed by atoms with Gasteiger partial charge in [-0.15, -0.1) is 5.56 Å². The molecule has 0 aromatic heterocycles. The number of benzene rings is 2. The first-order valence-electron chi connectivity index (χ1n) is 10.7. The fourth-order valence-electron chi connectivity index (χ4n) is 4.34. The van der Waals surface area contributed by atoms with E-state index in [1.165, 1.54) is 12.1 Å². The summed E-state index contributed by atoms with van der Waals surface area (Å²) in [5.41, 5.74) is -0.225. The summed E-state index contributed by atoms with van der Waals surface area (Å²) in [5.74, 6) is -0.690. The minimum Gasteiger partial charge on any atom is -0.495 e. The van der Waals surface area contributed by atoms with Crippen LogP contribution in [0.2, 0.25) is 0 Å². The van der Waals surface area contributed by atoms with Crippen molar-refractivity contribution in [2.75, 3.05) is 19.7 Å². The molecule has 1 aliphatic heterocycles. The van der Waals surface area contributed by atoms with Gasteiger partial charge in [0, 0.05) is 24.8 Å². The average Bonchev–Trinajstić information content (AvgIpc) is 3.57. The molecular weight excluding hydrogens is 679 g/mol. The molecule has 0 radical (unpaired) electrons. The maximum absolute atomic E-state index is 14.1. The first kappa shape index (κ1) is 28.8. The van der Waals surface area contributed by atoms with Crippen molar-refractivity contribution in [2.45, 2.75) is 44.3 Å². The number of halogens is 5. The number of hydrogen-bond acceptors (Lipinski definition) is 3. The molecule has 2 aromatic carbocycles. The molecule has 3 nitrogen and oxygen atoms in total. The molecule has 1 heterocycles. The van der Waals surface area contributed by atoms with Gasteiger partial charge in [-0.2, -0.15) is 19.2 Å². The van der Waals surface area contributed by atoms with E-state index < -0.39 is 23.4 Å². The average molecular weight is 706 g/mol. The number of rotatable bonds is 7. The molecule has 2 aromatic rings. The third-order valence-corrected chi connectivity index (χ3v) is 6.07. The second kappa shape index (κ2) is 12.0. The molecule has 1 saturated carbocycles. The molecule has 0 N–H and O–H groups in total. The molecule has 0 bridgehead atoms. The largest absolute Gasteiger partial charge is 2.00 e. The summed E-state index contributed by atoms with van der Waals surface area (Å²) in [7, 11) is 0. The summed E-state index contributed by atoms with van der Waals surface area (Å²) in [6.45, 7) is 1.38. The van der Waals surface area contributed by atoms with Crippen molar-refractivity contribution < 1.29 is 62.6 Å². The molecular formula is C25H26F5NO2U. The Morgan fingerprint density at radius 2 is 1.82 bits per heavy atom. The zero-order chi connectivity index (χ0) is 22.9. The van der Waals surface area contributed by atoms with Gasteiger partial charge in [0.1, 0.15) is 11.6 Å². The van der Waals surface area contributed by atoms with E-state index in [9.17, 15) is 26.7 Å². The van der Waals surface area contributed by atoms with Gasteiger partial charge in [0.15, 0.2) is 0 Å². The predicted molar refractivity (Wildman–Crippen MR) is 114 cm³/mol. The summed E-state index contributed by atoms with van der Waals surface area (Å²) in [6, 6.07) is 5.26. The van der Waals surface area contributed by atoms with Crippen LogP contribution in [-0.2, 0) is 17.5 Å². The van der Waals surface area contributed by atoms with Crippen molar-refractivity contribution >= 4 is 6.29 Å². The van der Waals surface area contributed by atoms with Crippen LogP contribution >= 0.6 is 0 Å². The third-order valence-electron chi connectivity index (χ3n) is 6.07. The molecule has 0 amide bonds. The minimum absolute atomic E-state index is 0. The van der Waals surface area contributed by atoms with Gasteiger partial charge in [0.25, 0.3) is 0 Å². The maximum atomic E-state index is 14.1. The van der Waals surface area contributed by atoms with Crippen molar-refractivity contribution in [1.29, 1.82) is 0 Å². The van der Waals surface area contributed by atoms with Crippen LogP contribution < -0.4 is 4.74 Å². The second-order valence-electron chi connectivity index (χ2n) is 8.60. The molecule has 34 heavy (non-hydrogen) atoms. The van der Waals surface area contributed by atoms with Crippen LogP contribution in [0, 0.1) is 56.1 Å². The Hall–Kier alpha value is -1.43. The van der Waals surface area contributed by atoms with Crippen molar-refractivity contribution in [3.8, 4) is 5.75 Å². The van der Waals surface area contributed by atoms with Gasteiger partial charge >= 0.3 is 37.3 Å². The Balaban J connectivity index is 0.00000204. The second-order valence-corrected chi connectivity index (χ2v) is 8.60. The molecule has 1 atom stereocenters. The fourth-order valence-corrected chi connectivity index (χ4v) is 4.34. The molecule has 1 aliphatic carbocycles. The summed E-state index contributed by atoms with van der Waals surface area (Å²) in [4.78, 5) is 12.8. The Kier molecular flexibility index (Phi) is 10.2. The van der Waals surface area contributed by atoms with Crippen LogP contribution in [-0.4, -0.2) is 30.9 Å². The molecule has 4 rings (SSSR count). The standard InChI is InChI=1S/C24H23F5NO2.CH3.U/c25-19-5-6-21(24(27,28)29)17(8-19)12-30-7-1-2-15(11-30)14-32-23-10-22(26)18(13-31)9-20(23)16-3-4-16;;/h5-6,8-10,15-16H,1-4,7,11-12,14H2;1H3;/q2*-1;+2/t15-;;/m1../s1. The van der Waals surface area contributed by atoms with Crippen LogP contribution in [0.15, 0.2) is 30.3 Å². The molecule has 0 unspecified atom stereocenters. The number of piperidine rings is 1. The van der Waals surface area contributed by atoms with Crippen molar-refractivity contribution in [3.63, 3.8) is 0 Å². The van der Waals surface area contributed by atoms with Gasteiger partial charge in [-0.1, -0.05) is 5.56 Å². The summed E-state index contributed by atoms with van der Waals surface area (Å²) in [6.07, 6.45) is 0.559. The summed E-state index contributed by atoms with van der Waals surface area (Å²) >= 11 is 0. The summed E-state index contributed by atoms with van der Waals surface area (Å²) in [5, 5.41) is 0. The molecule has 2 fully saturated rings. The Labute approximate surface area is 220 Å². The molecule has 2 aliphatic rings. The fraction of sp³-hybridized carbons (Fsp3) is 0.440. The topological polar surface area (TPSA) is 29.5 Å². The van der Waals surface area contributed by atoms with E-state index in [0.29, 0.717) is 18.8 Å². The van der Waals surface area contributed by atoms with Crippen LogP contribution in [0.1, 0.15) is 53.9 Å². The van der Waals surface area contributed by atoms with Gasteiger partial charge < -0.3 is 17.0 Å². The van der Waals surface area contributed by atoms with E-state index in [1.54, 1.807) is 6.29 Å². The number of ether oxygens (including phenoxy) is 1. The normalized spacial score (nSPS) is 18.6. The first-order valence-corrected chi connectivity index (χ1v) is 10.7. The van der Waals surface area contributed by atoms with E-state index in [-0.39, 0.29) is 74.7 Å². The van der Waals surface area contributed by atoms with Gasteiger partial charge in [0.05, 0.1) is 18.5 Å². The molecule has 1 saturated heterocycles. The first-order chi connectivity index (χ1) is 15.2. The van der Waals surface area contributed by atoms with E-state index in [1.807, 2.05) is 4.90 Å². The molecule has 0 spiro atoms. The van der Waals surface area contributed by atoms with Gasteiger partial charge in [-0.25, -0.2) is 4.39 Å². The van der Waals surface area contributed by atoms with Gasteiger partial charge in [0.2, 0.25) is 0 Å². The van der Waals surface area contributed by atoms with Gasteiger partial charge in [-0.05, 0) is 68.0 Å². The number of likely N-dealkylation sites (tertiary alicyclic amines) is 1. The van der Waals surface area contributed by atoms with Crippen LogP contribution in [0.4, 0.5) is 22.0 Å². The summed E-state index contributed by atoms with van der Waals surface area (Å²) < 4.78 is 73.5. The van der Waals surface area contributed by atoms with E-state index in [0.717, 1.165) is 49.4 Å². The van der Waals surface area contributed by atoms with E-state index in [2.05, 4.69) is 0 Å². The Morgan fingerprint density at radius 3 is 2.47 bits per heavy atom. The smallest absolute Gasteiger partial charge is 0.495 e. The monoisotopic (exact) mass is 705 g/mol. The zero-order valence-corrected chi connectivity index (χ0v) is 23.0. The predicted octanol–water partition coefficient (Wildman–Crippen LogP) is 6.06. The Bertz CT molecular complexity index is 994. The van der Waals surface area contributed by atoms with Crippen LogP contribution in [0.25, 0.3) is 0 Å². The van der Waals surface area contributed by atoms with E-state index in [4.69, 9.17) is 4.74 Å². The maximum Gasteiger partial charge on any atom is 2.00 e. The molecule has 182 valence electrons. The number of hydrogen-bond donors (Lipinski definition) is 0. The van der Waals surface area contributed by atoms with Crippen molar-refractivity contribution in [1.82, 2.24) is 4.90 Å².